The van der Waals surface area contributed by atoms with Crippen LogP contribution >= 0.6 is 0 Å². The molecule has 4 rings (SSSR count). The third kappa shape index (κ3) is 2.30. The van der Waals surface area contributed by atoms with Crippen molar-refractivity contribution in [2.24, 2.45) is 4.99 Å². The van der Waals surface area contributed by atoms with E-state index in [0.29, 0.717) is 6.42 Å². The molecule has 1 N–H and O–H groups in total. The monoisotopic (exact) mass is 319 g/mol. The molecule has 0 radical (unpaired) electrons. The summed E-state index contributed by atoms with van der Waals surface area (Å²) in [6.45, 7) is 0.745. The molecule has 1 saturated heterocycles. The van der Waals surface area contributed by atoms with Gasteiger partial charge in [-0.3, -0.25) is 4.79 Å². The van der Waals surface area contributed by atoms with Gasteiger partial charge < -0.3 is 10.2 Å². The van der Waals surface area contributed by atoms with Gasteiger partial charge in [0.2, 0.25) is 5.91 Å². The molecule has 0 spiro atoms. The maximum Gasteiger partial charge on any atom is 0.246 e. The standard InChI is InChI=1S/C20H21N3O/c1-21-19(24)20(13-15-7-3-2-4-8-15)12-11-18-22-17-10-6-5-9-16(17)14-23(18)20/h2-10H,11-14H2,1H3,(H,21,24)/t20-/m0/s1. The van der Waals surface area contributed by atoms with Gasteiger partial charge in [-0.1, -0.05) is 48.5 Å². The molecule has 4 nitrogen and oxygen atoms in total. The van der Waals surface area contributed by atoms with Crippen molar-refractivity contribution in [1.82, 2.24) is 10.2 Å². The van der Waals surface area contributed by atoms with Crippen molar-refractivity contribution < 1.29 is 4.79 Å². The zero-order valence-corrected chi connectivity index (χ0v) is 13.8. The number of amidine groups is 1. The number of para-hydroxylation sites is 1. The Kier molecular flexibility index (Phi) is 3.60. The van der Waals surface area contributed by atoms with Gasteiger partial charge in [-0.25, -0.2) is 4.99 Å². The van der Waals surface area contributed by atoms with E-state index in [4.69, 9.17) is 4.99 Å². The van der Waals surface area contributed by atoms with E-state index in [2.05, 4.69) is 34.5 Å². The third-order valence-electron chi connectivity index (χ3n) is 5.15. The largest absolute Gasteiger partial charge is 0.357 e. The van der Waals surface area contributed by atoms with Crippen LogP contribution in [0, 0.1) is 0 Å². The number of rotatable bonds is 3. The van der Waals surface area contributed by atoms with Crippen LogP contribution in [0.2, 0.25) is 0 Å². The first-order valence-electron chi connectivity index (χ1n) is 8.42. The van der Waals surface area contributed by atoms with E-state index < -0.39 is 5.54 Å². The summed E-state index contributed by atoms with van der Waals surface area (Å²) >= 11 is 0. The number of aliphatic imine (C=N–C) groups is 1. The van der Waals surface area contributed by atoms with E-state index in [1.807, 2.05) is 30.3 Å². The van der Waals surface area contributed by atoms with Gasteiger partial charge in [-0.15, -0.1) is 0 Å². The molecule has 0 unspecified atom stereocenters. The Labute approximate surface area is 142 Å². The Morgan fingerprint density at radius 1 is 1.17 bits per heavy atom. The number of hydrogen-bond donors (Lipinski definition) is 1. The van der Waals surface area contributed by atoms with Gasteiger partial charge in [0.15, 0.2) is 0 Å². The second-order valence-corrected chi connectivity index (χ2v) is 6.52. The van der Waals surface area contributed by atoms with Crippen LogP contribution in [0.5, 0.6) is 0 Å². The normalized spacial score (nSPS) is 21.7. The van der Waals surface area contributed by atoms with Crippen molar-refractivity contribution in [2.45, 2.75) is 31.3 Å². The summed E-state index contributed by atoms with van der Waals surface area (Å²) in [5, 5.41) is 2.89. The fourth-order valence-corrected chi connectivity index (χ4v) is 3.92. The Morgan fingerprint density at radius 3 is 2.71 bits per heavy atom. The van der Waals surface area contributed by atoms with Gasteiger partial charge in [-0.2, -0.15) is 0 Å². The molecule has 1 fully saturated rings. The van der Waals surface area contributed by atoms with Crippen LogP contribution in [-0.4, -0.2) is 29.2 Å². The van der Waals surface area contributed by atoms with Gasteiger partial charge in [0.25, 0.3) is 0 Å². The molecule has 2 heterocycles. The van der Waals surface area contributed by atoms with Gasteiger partial charge in [-0.05, 0) is 23.6 Å². The fraction of sp³-hybridized carbons (Fsp3) is 0.300. The minimum Gasteiger partial charge on any atom is -0.357 e. The number of nitrogens with one attached hydrogen (secondary N) is 1. The molecule has 0 aliphatic carbocycles. The van der Waals surface area contributed by atoms with Gasteiger partial charge in [0, 0.05) is 26.4 Å². The highest BCUT2D eigenvalue weighted by Crippen LogP contribution is 2.40. The van der Waals surface area contributed by atoms with E-state index in [1.165, 1.54) is 11.1 Å². The summed E-state index contributed by atoms with van der Waals surface area (Å²) in [5.41, 5.74) is 2.85. The lowest BCUT2D eigenvalue weighted by molar-refractivity contribution is -0.130. The fourth-order valence-electron chi connectivity index (χ4n) is 3.92. The predicted molar refractivity (Wildman–Crippen MR) is 95.3 cm³/mol. The lowest BCUT2D eigenvalue weighted by Gasteiger charge is -2.40. The Hall–Kier alpha value is -2.62. The molecule has 1 amide bonds. The SMILES string of the molecule is CNC(=O)[C@@]1(Cc2ccccc2)CCC2=Nc3ccccc3CN21. The Morgan fingerprint density at radius 2 is 1.92 bits per heavy atom. The molecule has 1 atom stereocenters. The number of likely N-dealkylation sites (N-methyl/N-ethyl adjacent to an activating group) is 1. The minimum absolute atomic E-state index is 0.0796. The van der Waals surface area contributed by atoms with E-state index in [0.717, 1.165) is 30.9 Å². The summed E-state index contributed by atoms with van der Waals surface area (Å²) < 4.78 is 0. The maximum absolute atomic E-state index is 12.9. The van der Waals surface area contributed by atoms with E-state index in [1.54, 1.807) is 7.05 Å². The minimum atomic E-state index is -0.553. The van der Waals surface area contributed by atoms with Crippen molar-refractivity contribution in [3.63, 3.8) is 0 Å². The number of amides is 1. The van der Waals surface area contributed by atoms with Crippen LogP contribution in [0.15, 0.2) is 59.6 Å². The van der Waals surface area contributed by atoms with Gasteiger partial charge in [0.1, 0.15) is 11.4 Å². The maximum atomic E-state index is 12.9. The molecular weight excluding hydrogens is 298 g/mol. The molecule has 0 aromatic heterocycles. The Bertz CT molecular complexity index is 800. The molecule has 4 heteroatoms. The van der Waals surface area contributed by atoms with Crippen molar-refractivity contribution in [3.05, 3.63) is 65.7 Å². The highest BCUT2D eigenvalue weighted by atomic mass is 16.2. The highest BCUT2D eigenvalue weighted by molar-refractivity contribution is 5.98. The second kappa shape index (κ2) is 5.78. The first kappa shape index (κ1) is 14.9. The van der Waals surface area contributed by atoms with Gasteiger partial charge in [0.05, 0.1) is 5.69 Å². The van der Waals surface area contributed by atoms with Crippen molar-refractivity contribution in [1.29, 1.82) is 0 Å². The molecule has 2 aromatic carbocycles. The number of hydrogen-bond acceptors (Lipinski definition) is 3. The molecule has 122 valence electrons. The Balaban J connectivity index is 1.75. The zero-order valence-electron chi connectivity index (χ0n) is 13.8. The van der Waals surface area contributed by atoms with Crippen molar-refractivity contribution in [2.75, 3.05) is 7.05 Å². The number of fused-ring (bicyclic) bond motifs is 2. The molecule has 24 heavy (non-hydrogen) atoms. The van der Waals surface area contributed by atoms with Crippen LogP contribution in [-0.2, 0) is 17.8 Å². The topological polar surface area (TPSA) is 44.7 Å². The summed E-state index contributed by atoms with van der Waals surface area (Å²) in [6, 6.07) is 18.5. The predicted octanol–water partition coefficient (Wildman–Crippen LogP) is 3.05. The second-order valence-electron chi connectivity index (χ2n) is 6.52. The number of carbonyl (C=O) groups excluding carboxylic acids is 1. The molecular formula is C20H21N3O. The van der Waals surface area contributed by atoms with Crippen LogP contribution < -0.4 is 5.32 Å². The molecule has 2 aliphatic heterocycles. The summed E-state index contributed by atoms with van der Waals surface area (Å²) in [6.07, 6.45) is 2.34. The lowest BCUT2D eigenvalue weighted by Crippen LogP contribution is -2.57. The van der Waals surface area contributed by atoms with Gasteiger partial charge >= 0.3 is 0 Å². The van der Waals surface area contributed by atoms with Crippen molar-refractivity contribution in [3.8, 4) is 0 Å². The summed E-state index contributed by atoms with van der Waals surface area (Å²) in [7, 11) is 1.72. The molecule has 0 saturated carbocycles. The first-order chi connectivity index (χ1) is 11.7. The molecule has 2 aromatic rings. The number of benzene rings is 2. The highest BCUT2D eigenvalue weighted by Gasteiger charge is 2.50. The van der Waals surface area contributed by atoms with Crippen LogP contribution in [0.1, 0.15) is 24.0 Å². The average Bonchev–Trinajstić information content (AvgIpc) is 2.98. The quantitative estimate of drug-likeness (QED) is 0.945. The van der Waals surface area contributed by atoms with Crippen LogP contribution in [0.25, 0.3) is 0 Å². The molecule has 2 aliphatic rings. The zero-order chi connectivity index (χ0) is 16.6. The third-order valence-corrected chi connectivity index (χ3v) is 5.15. The lowest BCUT2D eigenvalue weighted by atomic mass is 9.86. The first-order valence-corrected chi connectivity index (χ1v) is 8.42. The molecule has 0 bridgehead atoms. The number of nitrogens with zero attached hydrogens (tertiary/aromatic N) is 2. The number of carbonyl (C=O) groups is 1. The van der Waals surface area contributed by atoms with E-state index >= 15 is 0 Å². The smallest absolute Gasteiger partial charge is 0.246 e. The van der Waals surface area contributed by atoms with E-state index in [-0.39, 0.29) is 5.91 Å². The summed E-state index contributed by atoms with van der Waals surface area (Å²) in [4.78, 5) is 19.9. The van der Waals surface area contributed by atoms with Crippen LogP contribution in [0.3, 0.4) is 0 Å². The van der Waals surface area contributed by atoms with Crippen molar-refractivity contribution >= 4 is 17.4 Å². The summed E-state index contributed by atoms with van der Waals surface area (Å²) in [5.74, 6) is 1.11. The van der Waals surface area contributed by atoms with E-state index in [9.17, 15) is 4.79 Å². The average molecular weight is 319 g/mol. The van der Waals surface area contributed by atoms with Crippen LogP contribution in [0.4, 0.5) is 5.69 Å².